The summed E-state index contributed by atoms with van der Waals surface area (Å²) >= 11 is 0. The molecule has 0 aromatic heterocycles. The molecule has 0 saturated carbocycles. The van der Waals surface area contributed by atoms with E-state index in [2.05, 4.69) is 36.4 Å². The molecule has 2 N–H and O–H groups in total. The lowest BCUT2D eigenvalue weighted by molar-refractivity contribution is -0.142. The van der Waals surface area contributed by atoms with Gasteiger partial charge in [-0.1, -0.05) is 19.9 Å². The van der Waals surface area contributed by atoms with Crippen molar-refractivity contribution in [3.8, 4) is 0 Å². The minimum atomic E-state index is -0.638. The number of hydrazine groups is 1. The minimum absolute atomic E-state index is 0.186. The van der Waals surface area contributed by atoms with Crippen LogP contribution in [0.3, 0.4) is 0 Å². The van der Waals surface area contributed by atoms with Crippen molar-refractivity contribution in [1.82, 2.24) is 5.43 Å². The van der Waals surface area contributed by atoms with Gasteiger partial charge in [0.25, 0.3) is 0 Å². The van der Waals surface area contributed by atoms with Gasteiger partial charge >= 0.3 is 5.97 Å². The Kier molecular flexibility index (Phi) is 4.39. The number of rotatable bonds is 3. The maximum Gasteiger partial charge on any atom is 0.306 e. The Hall–Kier alpha value is -1.55. The molecule has 22 heavy (non-hydrogen) atoms. The predicted molar refractivity (Wildman–Crippen MR) is 88.1 cm³/mol. The van der Waals surface area contributed by atoms with Gasteiger partial charge in [-0.05, 0) is 60.8 Å². The summed E-state index contributed by atoms with van der Waals surface area (Å²) in [5.74, 6) is -0.219. The Bertz CT molecular complexity index is 568. The lowest BCUT2D eigenvalue weighted by atomic mass is 9.95. The first-order valence-corrected chi connectivity index (χ1v) is 8.43. The summed E-state index contributed by atoms with van der Waals surface area (Å²) in [5.41, 5.74) is 8.92. The van der Waals surface area contributed by atoms with Gasteiger partial charge in [-0.15, -0.1) is 0 Å². The van der Waals surface area contributed by atoms with Crippen LogP contribution in [0.5, 0.6) is 0 Å². The number of hydrogen-bond donors (Lipinski definition) is 2. The summed E-state index contributed by atoms with van der Waals surface area (Å²) in [5, 5.41) is 11.6. The summed E-state index contributed by atoms with van der Waals surface area (Å²) < 4.78 is 0. The molecule has 0 saturated heterocycles. The summed E-state index contributed by atoms with van der Waals surface area (Å²) in [6.07, 6.45) is 4.37. The van der Waals surface area contributed by atoms with Crippen LogP contribution in [-0.4, -0.2) is 24.2 Å². The number of aryl methyl sites for hydroxylation is 2. The van der Waals surface area contributed by atoms with Gasteiger partial charge in [0.2, 0.25) is 0 Å². The van der Waals surface area contributed by atoms with Gasteiger partial charge in [-0.3, -0.25) is 4.79 Å². The number of fused-ring (bicyclic) bond motifs is 2. The molecule has 4 heteroatoms. The Morgan fingerprint density at radius 2 is 1.91 bits per heavy atom. The molecule has 0 radical (unpaired) electrons. The van der Waals surface area contributed by atoms with Gasteiger partial charge < -0.3 is 10.1 Å². The van der Waals surface area contributed by atoms with Gasteiger partial charge in [0.15, 0.2) is 0 Å². The van der Waals surface area contributed by atoms with E-state index in [-0.39, 0.29) is 5.92 Å². The Labute approximate surface area is 132 Å². The molecule has 1 aliphatic heterocycles. The molecule has 1 unspecified atom stereocenters. The third-order valence-corrected chi connectivity index (χ3v) is 4.81. The normalized spacial score (nSPS) is 21.2. The molecule has 2 aliphatic rings. The fraction of sp³-hybridized carbons (Fsp3) is 0.611. The van der Waals surface area contributed by atoms with Crippen molar-refractivity contribution in [3.63, 3.8) is 0 Å². The molecule has 1 atom stereocenters. The van der Waals surface area contributed by atoms with Crippen molar-refractivity contribution in [2.75, 3.05) is 18.1 Å². The van der Waals surface area contributed by atoms with Crippen LogP contribution in [0.1, 0.15) is 43.4 Å². The highest BCUT2D eigenvalue weighted by molar-refractivity contribution is 5.70. The molecule has 1 aromatic rings. The molecule has 0 amide bonds. The van der Waals surface area contributed by atoms with Crippen molar-refractivity contribution in [1.29, 1.82) is 0 Å². The van der Waals surface area contributed by atoms with Crippen LogP contribution in [0.15, 0.2) is 12.1 Å². The van der Waals surface area contributed by atoms with Gasteiger partial charge in [0.05, 0.1) is 11.6 Å². The number of hydrogen-bond acceptors (Lipinski definition) is 3. The second kappa shape index (κ2) is 6.29. The van der Waals surface area contributed by atoms with Crippen LogP contribution in [-0.2, 0) is 24.1 Å². The number of aliphatic carboxylic acids is 1. The Balaban J connectivity index is 1.88. The van der Waals surface area contributed by atoms with Crippen LogP contribution in [0, 0.1) is 11.8 Å². The minimum Gasteiger partial charge on any atom is -0.481 e. The highest BCUT2D eigenvalue weighted by Gasteiger charge is 2.25. The number of anilines is 1. The highest BCUT2D eigenvalue weighted by atomic mass is 16.4. The van der Waals surface area contributed by atoms with Gasteiger partial charge in [0, 0.05) is 13.1 Å². The second-order valence-corrected chi connectivity index (χ2v) is 7.02. The van der Waals surface area contributed by atoms with E-state index in [9.17, 15) is 9.90 Å². The first-order valence-electron chi connectivity index (χ1n) is 8.43. The fourth-order valence-electron chi connectivity index (χ4n) is 3.63. The largest absolute Gasteiger partial charge is 0.481 e. The Morgan fingerprint density at radius 1 is 1.23 bits per heavy atom. The van der Waals surface area contributed by atoms with Crippen LogP contribution >= 0.6 is 0 Å². The first-order chi connectivity index (χ1) is 10.5. The van der Waals surface area contributed by atoms with Crippen molar-refractivity contribution >= 4 is 11.7 Å². The molecule has 1 heterocycles. The predicted octanol–water partition coefficient (Wildman–Crippen LogP) is 2.79. The van der Waals surface area contributed by atoms with Gasteiger partial charge in [-0.2, -0.15) is 0 Å². The van der Waals surface area contributed by atoms with Crippen LogP contribution in [0.4, 0.5) is 5.69 Å². The van der Waals surface area contributed by atoms with E-state index >= 15 is 0 Å². The third kappa shape index (κ3) is 3.12. The number of carboxylic acid groups (broad SMARTS) is 1. The fourth-order valence-corrected chi connectivity index (χ4v) is 3.63. The number of benzene rings is 1. The molecule has 1 aromatic carbocycles. The second-order valence-electron chi connectivity index (χ2n) is 7.02. The number of nitrogens with zero attached hydrogens (tertiary/aromatic N) is 1. The van der Waals surface area contributed by atoms with E-state index in [1.807, 2.05) is 0 Å². The SMILES string of the molecule is CC(C)CN1NCCc2cc3c(cc21)CCC(C(=O)O)CC3. The van der Waals surface area contributed by atoms with E-state index in [1.54, 1.807) is 0 Å². The summed E-state index contributed by atoms with van der Waals surface area (Å²) in [7, 11) is 0. The number of carboxylic acids is 1. The van der Waals surface area contributed by atoms with Crippen molar-refractivity contribution < 1.29 is 9.90 Å². The summed E-state index contributed by atoms with van der Waals surface area (Å²) in [6.45, 7) is 6.45. The van der Waals surface area contributed by atoms with Crippen molar-refractivity contribution in [2.45, 2.75) is 46.0 Å². The lowest BCUT2D eigenvalue weighted by Gasteiger charge is -2.34. The molecular formula is C18H26N2O2. The van der Waals surface area contributed by atoms with E-state index < -0.39 is 5.97 Å². The van der Waals surface area contributed by atoms with Crippen molar-refractivity contribution in [2.24, 2.45) is 11.8 Å². The molecule has 0 fully saturated rings. The van der Waals surface area contributed by atoms with E-state index in [0.717, 1.165) is 45.2 Å². The van der Waals surface area contributed by atoms with E-state index in [4.69, 9.17) is 0 Å². The zero-order valence-corrected chi connectivity index (χ0v) is 13.6. The van der Waals surface area contributed by atoms with Gasteiger partial charge in [0.1, 0.15) is 0 Å². The zero-order valence-electron chi connectivity index (χ0n) is 13.6. The summed E-state index contributed by atoms with van der Waals surface area (Å²) in [6, 6.07) is 4.65. The molecular weight excluding hydrogens is 276 g/mol. The number of nitrogens with one attached hydrogen (secondary N) is 1. The maximum atomic E-state index is 11.3. The van der Waals surface area contributed by atoms with Crippen LogP contribution in [0.2, 0.25) is 0 Å². The molecule has 1 aliphatic carbocycles. The van der Waals surface area contributed by atoms with E-state index in [1.165, 1.54) is 22.4 Å². The zero-order chi connectivity index (χ0) is 15.7. The molecule has 0 spiro atoms. The van der Waals surface area contributed by atoms with Crippen molar-refractivity contribution in [3.05, 3.63) is 28.8 Å². The number of carbonyl (C=O) groups is 1. The smallest absolute Gasteiger partial charge is 0.306 e. The lowest BCUT2D eigenvalue weighted by Crippen LogP contribution is -2.45. The monoisotopic (exact) mass is 302 g/mol. The third-order valence-electron chi connectivity index (χ3n) is 4.81. The van der Waals surface area contributed by atoms with Gasteiger partial charge in [-0.25, -0.2) is 5.43 Å². The molecule has 3 rings (SSSR count). The maximum absolute atomic E-state index is 11.3. The average molecular weight is 302 g/mol. The molecule has 4 nitrogen and oxygen atoms in total. The quantitative estimate of drug-likeness (QED) is 0.843. The average Bonchev–Trinajstić information content (AvgIpc) is 2.67. The topological polar surface area (TPSA) is 52.6 Å². The Morgan fingerprint density at radius 3 is 2.55 bits per heavy atom. The molecule has 0 bridgehead atoms. The first kappa shape index (κ1) is 15.3. The standard InChI is InChI=1S/C18H26N2O2/c1-12(2)11-20-17-10-15-6-4-13(18(21)22)3-5-14(15)9-16(17)7-8-19-20/h9-10,12-13,19H,3-8,11H2,1-2H3,(H,21,22). The molecule has 120 valence electrons. The van der Waals surface area contributed by atoms with E-state index in [0.29, 0.717) is 5.92 Å². The van der Waals surface area contributed by atoms with Crippen LogP contribution in [0.25, 0.3) is 0 Å². The summed E-state index contributed by atoms with van der Waals surface area (Å²) in [4.78, 5) is 11.3. The highest BCUT2D eigenvalue weighted by Crippen LogP contribution is 2.32. The van der Waals surface area contributed by atoms with Crippen LogP contribution < -0.4 is 10.4 Å².